The molecule has 1 heterocycles. The van der Waals surface area contributed by atoms with Crippen molar-refractivity contribution >= 4 is 11.8 Å². The lowest BCUT2D eigenvalue weighted by atomic mass is 9.96. The molecule has 1 N–H and O–H groups in total. The number of hydrogen-bond acceptors (Lipinski definition) is 3. The molecule has 5 nitrogen and oxygen atoms in total. The number of nitrogens with one attached hydrogen (secondary N) is 1. The van der Waals surface area contributed by atoms with Crippen LogP contribution in [0.25, 0.3) is 0 Å². The van der Waals surface area contributed by atoms with E-state index in [0.717, 1.165) is 5.56 Å². The van der Waals surface area contributed by atoms with Crippen molar-refractivity contribution in [2.45, 2.75) is 26.8 Å². The molecule has 1 atom stereocenters. The first-order valence-electron chi connectivity index (χ1n) is 8.39. The molecule has 0 bridgehead atoms. The third kappa shape index (κ3) is 5.03. The quantitative estimate of drug-likeness (QED) is 0.893. The lowest BCUT2D eigenvalue weighted by molar-refractivity contribution is -0.131. The predicted molar refractivity (Wildman–Crippen MR) is 90.8 cm³/mol. The largest absolute Gasteiger partial charge is 0.348 e. The molecule has 0 radical (unpaired) electrons. The molecule has 1 saturated heterocycles. The molecule has 2 amide bonds. The van der Waals surface area contributed by atoms with Crippen LogP contribution in [0.1, 0.15) is 32.4 Å². The van der Waals surface area contributed by atoms with Crippen LogP contribution in [0.3, 0.4) is 0 Å². The molecule has 24 heavy (non-hydrogen) atoms. The Morgan fingerprint density at radius 3 is 2.21 bits per heavy atom. The van der Waals surface area contributed by atoms with Gasteiger partial charge in [0.15, 0.2) is 0 Å². The molecule has 0 aromatic heterocycles. The number of rotatable bonds is 5. The highest BCUT2D eigenvalue weighted by Crippen LogP contribution is 2.21. The second-order valence-electron chi connectivity index (χ2n) is 6.62. The Labute approximate surface area is 142 Å². The fourth-order valence-electron chi connectivity index (χ4n) is 2.95. The third-order valence-corrected chi connectivity index (χ3v) is 4.40. The van der Waals surface area contributed by atoms with Gasteiger partial charge in [-0.2, -0.15) is 0 Å². The average Bonchev–Trinajstić information content (AvgIpc) is 2.54. The molecular formula is C18H26FN3O2. The van der Waals surface area contributed by atoms with Gasteiger partial charge in [-0.3, -0.25) is 14.5 Å². The number of halogens is 1. The lowest BCUT2D eigenvalue weighted by Gasteiger charge is -2.34. The molecule has 1 aromatic rings. The van der Waals surface area contributed by atoms with Gasteiger partial charge in [-0.1, -0.05) is 26.0 Å². The molecule has 0 saturated carbocycles. The summed E-state index contributed by atoms with van der Waals surface area (Å²) < 4.78 is 13.1. The molecule has 2 rings (SSSR count). The van der Waals surface area contributed by atoms with Crippen LogP contribution in [0.5, 0.6) is 0 Å². The minimum Gasteiger partial charge on any atom is -0.348 e. The van der Waals surface area contributed by atoms with Crippen LogP contribution < -0.4 is 5.32 Å². The Morgan fingerprint density at radius 2 is 1.71 bits per heavy atom. The van der Waals surface area contributed by atoms with Crippen molar-refractivity contribution < 1.29 is 14.0 Å². The van der Waals surface area contributed by atoms with E-state index >= 15 is 0 Å². The van der Waals surface area contributed by atoms with Crippen LogP contribution in [-0.2, 0) is 9.59 Å². The van der Waals surface area contributed by atoms with Crippen molar-refractivity contribution in [1.29, 1.82) is 0 Å². The van der Waals surface area contributed by atoms with Crippen molar-refractivity contribution in [3.63, 3.8) is 0 Å². The Morgan fingerprint density at radius 1 is 1.12 bits per heavy atom. The van der Waals surface area contributed by atoms with E-state index in [1.165, 1.54) is 12.1 Å². The highest BCUT2D eigenvalue weighted by atomic mass is 19.1. The second kappa shape index (κ2) is 8.24. The fourth-order valence-corrected chi connectivity index (χ4v) is 2.95. The van der Waals surface area contributed by atoms with Crippen LogP contribution >= 0.6 is 0 Å². The number of amides is 2. The summed E-state index contributed by atoms with van der Waals surface area (Å²) in [5.74, 6) is -0.0468. The average molecular weight is 335 g/mol. The first kappa shape index (κ1) is 18.4. The first-order valence-corrected chi connectivity index (χ1v) is 8.39. The highest BCUT2D eigenvalue weighted by Gasteiger charge is 2.23. The van der Waals surface area contributed by atoms with E-state index in [4.69, 9.17) is 0 Å². The molecular weight excluding hydrogens is 309 g/mol. The summed E-state index contributed by atoms with van der Waals surface area (Å²) >= 11 is 0. The number of carbonyl (C=O) groups excluding carboxylic acids is 2. The summed E-state index contributed by atoms with van der Waals surface area (Å²) in [5.41, 5.74) is 0.904. The van der Waals surface area contributed by atoms with E-state index in [1.807, 2.05) is 13.8 Å². The molecule has 6 heteroatoms. The maximum absolute atomic E-state index is 13.1. The van der Waals surface area contributed by atoms with Crippen molar-refractivity contribution in [1.82, 2.24) is 15.1 Å². The SMILES string of the molecule is CC(=O)N1CCN(CC(=O)NC(c2ccc(F)cc2)C(C)C)CC1. The third-order valence-electron chi connectivity index (χ3n) is 4.40. The zero-order valence-corrected chi connectivity index (χ0v) is 14.6. The van der Waals surface area contributed by atoms with E-state index in [2.05, 4.69) is 10.2 Å². The topological polar surface area (TPSA) is 52.7 Å². The van der Waals surface area contributed by atoms with Gasteiger partial charge in [0.1, 0.15) is 5.82 Å². The molecule has 0 aliphatic carbocycles. The van der Waals surface area contributed by atoms with Gasteiger partial charge in [0.05, 0.1) is 12.6 Å². The Kier molecular flexibility index (Phi) is 6.31. The van der Waals surface area contributed by atoms with E-state index in [-0.39, 0.29) is 29.6 Å². The standard InChI is InChI=1S/C18H26FN3O2/c1-13(2)18(15-4-6-16(19)7-5-15)20-17(24)12-21-8-10-22(11-9-21)14(3)23/h4-7,13,18H,8-12H2,1-3H3,(H,20,24). The molecule has 1 unspecified atom stereocenters. The normalized spacial score (nSPS) is 17.0. The highest BCUT2D eigenvalue weighted by molar-refractivity contribution is 5.78. The lowest BCUT2D eigenvalue weighted by Crippen LogP contribution is -2.51. The summed E-state index contributed by atoms with van der Waals surface area (Å²) in [6, 6.07) is 6.12. The number of carbonyl (C=O) groups is 2. The summed E-state index contributed by atoms with van der Waals surface area (Å²) in [5, 5.41) is 3.05. The Bertz CT molecular complexity index is 566. The van der Waals surface area contributed by atoms with Gasteiger partial charge in [0.2, 0.25) is 11.8 Å². The van der Waals surface area contributed by atoms with Crippen LogP contribution in [0, 0.1) is 11.7 Å². The number of piperazine rings is 1. The van der Waals surface area contributed by atoms with Gasteiger partial charge in [0.25, 0.3) is 0 Å². The van der Waals surface area contributed by atoms with Crippen LogP contribution in [0.15, 0.2) is 24.3 Å². The summed E-state index contributed by atoms with van der Waals surface area (Å²) in [4.78, 5) is 27.6. The Balaban J connectivity index is 1.90. The predicted octanol–water partition coefficient (Wildman–Crippen LogP) is 1.80. The van der Waals surface area contributed by atoms with Gasteiger partial charge in [0, 0.05) is 33.1 Å². The number of hydrogen-bond donors (Lipinski definition) is 1. The van der Waals surface area contributed by atoms with Gasteiger partial charge in [-0.25, -0.2) is 4.39 Å². The minimum absolute atomic E-state index is 0.0469. The van der Waals surface area contributed by atoms with Crippen LogP contribution in [-0.4, -0.2) is 54.3 Å². The van der Waals surface area contributed by atoms with Crippen molar-refractivity contribution in [2.24, 2.45) is 5.92 Å². The van der Waals surface area contributed by atoms with Gasteiger partial charge < -0.3 is 10.2 Å². The molecule has 1 aliphatic heterocycles. The van der Waals surface area contributed by atoms with Crippen molar-refractivity contribution in [2.75, 3.05) is 32.7 Å². The molecule has 1 fully saturated rings. The smallest absolute Gasteiger partial charge is 0.234 e. The fraction of sp³-hybridized carbons (Fsp3) is 0.556. The summed E-state index contributed by atoms with van der Waals surface area (Å²) in [6.07, 6.45) is 0. The minimum atomic E-state index is -0.282. The molecule has 1 aromatic carbocycles. The monoisotopic (exact) mass is 335 g/mol. The maximum Gasteiger partial charge on any atom is 0.234 e. The Hall–Kier alpha value is -1.95. The maximum atomic E-state index is 13.1. The van der Waals surface area contributed by atoms with Crippen LogP contribution in [0.2, 0.25) is 0 Å². The summed E-state index contributed by atoms with van der Waals surface area (Å²) in [6.45, 7) is 8.67. The second-order valence-corrected chi connectivity index (χ2v) is 6.62. The van der Waals surface area contributed by atoms with Gasteiger partial charge in [-0.15, -0.1) is 0 Å². The first-order chi connectivity index (χ1) is 11.4. The molecule has 132 valence electrons. The van der Waals surface area contributed by atoms with Gasteiger partial charge in [-0.05, 0) is 23.6 Å². The zero-order chi connectivity index (χ0) is 17.7. The molecule has 0 spiro atoms. The zero-order valence-electron chi connectivity index (χ0n) is 14.6. The number of nitrogens with zero attached hydrogens (tertiary/aromatic N) is 2. The van der Waals surface area contributed by atoms with Crippen molar-refractivity contribution in [3.05, 3.63) is 35.6 Å². The molecule has 1 aliphatic rings. The number of benzene rings is 1. The van der Waals surface area contributed by atoms with Crippen molar-refractivity contribution in [3.8, 4) is 0 Å². The van der Waals surface area contributed by atoms with E-state index in [0.29, 0.717) is 32.7 Å². The summed E-state index contributed by atoms with van der Waals surface area (Å²) in [7, 11) is 0. The van der Waals surface area contributed by atoms with E-state index < -0.39 is 0 Å². The van der Waals surface area contributed by atoms with E-state index in [9.17, 15) is 14.0 Å². The van der Waals surface area contributed by atoms with Crippen LogP contribution in [0.4, 0.5) is 4.39 Å². The van der Waals surface area contributed by atoms with E-state index in [1.54, 1.807) is 24.0 Å². The van der Waals surface area contributed by atoms with Gasteiger partial charge >= 0.3 is 0 Å².